The van der Waals surface area contributed by atoms with Gasteiger partial charge in [0.05, 0.1) is 23.0 Å². The van der Waals surface area contributed by atoms with Crippen molar-refractivity contribution < 1.29 is 21.9 Å². The van der Waals surface area contributed by atoms with Crippen molar-refractivity contribution in [1.29, 1.82) is 0 Å². The molecule has 0 spiro atoms. The molecule has 0 aromatic heterocycles. The summed E-state index contributed by atoms with van der Waals surface area (Å²) in [5.74, 6) is -0.350. The Balaban J connectivity index is 2.43. The van der Waals surface area contributed by atoms with Crippen molar-refractivity contribution in [1.82, 2.24) is 4.31 Å². The fraction of sp³-hybridized carbons (Fsp3) is 0.500. The van der Waals surface area contributed by atoms with E-state index in [0.29, 0.717) is 10.0 Å². The molecule has 1 unspecified atom stereocenters. The molecule has 1 saturated heterocycles. The van der Waals surface area contributed by atoms with Gasteiger partial charge in [-0.25, -0.2) is 16.8 Å². The Kier molecular flexibility index (Phi) is 4.79. The van der Waals surface area contributed by atoms with Crippen LogP contribution in [0.1, 0.15) is 12.5 Å². The van der Waals surface area contributed by atoms with Gasteiger partial charge in [-0.1, -0.05) is 6.07 Å². The van der Waals surface area contributed by atoms with Crippen molar-refractivity contribution in [3.63, 3.8) is 0 Å². The highest BCUT2D eigenvalue weighted by Gasteiger charge is 2.37. The van der Waals surface area contributed by atoms with Crippen molar-refractivity contribution in [3.8, 4) is 0 Å². The third-order valence-electron chi connectivity index (χ3n) is 3.37. The van der Waals surface area contributed by atoms with Crippen LogP contribution in [0.5, 0.6) is 0 Å². The monoisotopic (exact) mass is 397 g/mol. The Bertz CT molecular complexity index is 745. The van der Waals surface area contributed by atoms with E-state index in [1.165, 1.54) is 10.4 Å². The first-order valence-electron chi connectivity index (χ1n) is 6.29. The molecule has 21 heavy (non-hydrogen) atoms. The second-order valence-corrected chi connectivity index (χ2v) is 9.94. The molecule has 0 bridgehead atoms. The Hall–Kier alpha value is -0.480. The van der Waals surface area contributed by atoms with Crippen LogP contribution in [0.2, 0.25) is 0 Å². The largest absolute Gasteiger partial charge is 0.392 e. The minimum absolute atomic E-state index is 0.0418. The highest BCUT2D eigenvalue weighted by molar-refractivity contribution is 9.10. The topological polar surface area (TPSA) is 91.8 Å². The number of hydrogen-bond donors (Lipinski definition) is 1. The zero-order chi connectivity index (χ0) is 15.8. The lowest BCUT2D eigenvalue weighted by molar-refractivity contribution is 0.281. The van der Waals surface area contributed by atoms with Gasteiger partial charge in [0.2, 0.25) is 10.0 Å². The molecule has 1 aliphatic rings. The predicted octanol–water partition coefficient (Wildman–Crippen LogP) is 0.749. The molecule has 0 saturated carbocycles. The Morgan fingerprint density at radius 1 is 1.43 bits per heavy atom. The molecule has 0 amide bonds. The Morgan fingerprint density at radius 2 is 2.10 bits per heavy atom. The number of sulfonamides is 1. The summed E-state index contributed by atoms with van der Waals surface area (Å²) in [7, 11) is -7.00. The van der Waals surface area contributed by atoms with Crippen molar-refractivity contribution >= 4 is 35.8 Å². The number of aliphatic hydroxyl groups is 1. The van der Waals surface area contributed by atoms with Gasteiger partial charge < -0.3 is 5.11 Å². The van der Waals surface area contributed by atoms with E-state index in [1.807, 2.05) is 0 Å². The van der Waals surface area contributed by atoms with Crippen LogP contribution in [0, 0.1) is 0 Å². The summed E-state index contributed by atoms with van der Waals surface area (Å²) in [5.41, 5.74) is 0.481. The minimum atomic E-state index is -3.81. The molecule has 2 rings (SSSR count). The zero-order valence-corrected chi connectivity index (χ0v) is 14.6. The maximum absolute atomic E-state index is 12.7. The first-order valence-corrected chi connectivity index (χ1v) is 10.3. The minimum Gasteiger partial charge on any atom is -0.392 e. The quantitative estimate of drug-likeness (QED) is 0.812. The molecule has 1 aromatic rings. The fourth-order valence-corrected chi connectivity index (χ4v) is 6.68. The summed E-state index contributed by atoms with van der Waals surface area (Å²) >= 11 is 3.20. The number of aliphatic hydroxyl groups excluding tert-OH is 1. The lowest BCUT2D eigenvalue weighted by atomic mass is 10.2. The van der Waals surface area contributed by atoms with Crippen molar-refractivity contribution in [2.75, 3.05) is 18.1 Å². The van der Waals surface area contributed by atoms with Gasteiger partial charge in [-0.15, -0.1) is 0 Å². The first-order chi connectivity index (χ1) is 9.67. The maximum Gasteiger partial charge on any atom is 0.244 e. The van der Waals surface area contributed by atoms with E-state index in [4.69, 9.17) is 5.11 Å². The number of rotatable bonds is 3. The van der Waals surface area contributed by atoms with Gasteiger partial charge in [0.15, 0.2) is 9.84 Å². The predicted molar refractivity (Wildman–Crippen MR) is 82.1 cm³/mol. The van der Waals surface area contributed by atoms with Crippen molar-refractivity contribution in [3.05, 3.63) is 28.2 Å². The van der Waals surface area contributed by atoms with Crippen LogP contribution in [-0.4, -0.2) is 50.3 Å². The SMILES string of the molecule is CC1CS(=O)(=O)CCN1S(=O)(=O)c1cc(CO)ccc1Br. The highest BCUT2D eigenvalue weighted by Crippen LogP contribution is 2.29. The number of halogens is 1. The molecular weight excluding hydrogens is 382 g/mol. The van der Waals surface area contributed by atoms with Gasteiger partial charge in [0, 0.05) is 17.1 Å². The maximum atomic E-state index is 12.7. The first kappa shape index (κ1) is 16.9. The van der Waals surface area contributed by atoms with Crippen LogP contribution in [0.25, 0.3) is 0 Å². The van der Waals surface area contributed by atoms with E-state index in [1.54, 1.807) is 19.1 Å². The third kappa shape index (κ3) is 3.48. The fourth-order valence-electron chi connectivity index (χ4n) is 2.31. The third-order valence-corrected chi connectivity index (χ3v) is 8.18. The summed E-state index contributed by atoms with van der Waals surface area (Å²) in [4.78, 5) is 0.0418. The summed E-state index contributed by atoms with van der Waals surface area (Å²) < 4.78 is 50.2. The van der Waals surface area contributed by atoms with Crippen LogP contribution in [0.3, 0.4) is 0 Å². The van der Waals surface area contributed by atoms with Gasteiger partial charge in [-0.2, -0.15) is 4.31 Å². The van der Waals surface area contributed by atoms with Crippen LogP contribution in [0.15, 0.2) is 27.6 Å². The van der Waals surface area contributed by atoms with Crippen LogP contribution < -0.4 is 0 Å². The molecule has 1 N–H and O–H groups in total. The smallest absolute Gasteiger partial charge is 0.244 e. The van der Waals surface area contributed by atoms with E-state index in [2.05, 4.69) is 15.9 Å². The van der Waals surface area contributed by atoms with E-state index >= 15 is 0 Å². The van der Waals surface area contributed by atoms with Crippen LogP contribution in [-0.2, 0) is 26.5 Å². The van der Waals surface area contributed by atoms with E-state index in [-0.39, 0.29) is 29.6 Å². The van der Waals surface area contributed by atoms with E-state index < -0.39 is 25.9 Å². The van der Waals surface area contributed by atoms with Gasteiger partial charge in [0.1, 0.15) is 0 Å². The molecule has 118 valence electrons. The second-order valence-electron chi connectivity index (χ2n) is 5.00. The molecule has 6 nitrogen and oxygen atoms in total. The normalized spacial score (nSPS) is 23.1. The van der Waals surface area contributed by atoms with Gasteiger partial charge in [-0.05, 0) is 40.5 Å². The molecule has 1 heterocycles. The van der Waals surface area contributed by atoms with Crippen molar-refractivity contribution in [2.45, 2.75) is 24.5 Å². The van der Waals surface area contributed by atoms with E-state index in [9.17, 15) is 16.8 Å². The number of nitrogens with zero attached hydrogens (tertiary/aromatic N) is 1. The summed E-state index contributed by atoms with van der Waals surface area (Å²) in [5, 5.41) is 9.15. The summed E-state index contributed by atoms with van der Waals surface area (Å²) in [6.07, 6.45) is 0. The zero-order valence-electron chi connectivity index (χ0n) is 11.4. The summed E-state index contributed by atoms with van der Waals surface area (Å²) in [6.45, 7) is 1.26. The number of sulfone groups is 1. The van der Waals surface area contributed by atoms with Crippen LogP contribution in [0.4, 0.5) is 0 Å². The standard InChI is InChI=1S/C12H16BrNO5S2/c1-9-8-20(16,17)5-4-14(9)21(18,19)12-6-10(7-15)2-3-11(12)13/h2-3,6,9,15H,4-5,7-8H2,1H3. The molecule has 1 aromatic carbocycles. The Morgan fingerprint density at radius 3 is 2.67 bits per heavy atom. The van der Waals surface area contributed by atoms with Gasteiger partial charge in [0.25, 0.3) is 0 Å². The molecule has 0 radical (unpaired) electrons. The molecule has 1 fully saturated rings. The highest BCUT2D eigenvalue weighted by atomic mass is 79.9. The molecule has 0 aliphatic carbocycles. The molecular formula is C12H16BrNO5S2. The van der Waals surface area contributed by atoms with Gasteiger partial charge >= 0.3 is 0 Å². The van der Waals surface area contributed by atoms with Crippen LogP contribution >= 0.6 is 15.9 Å². The molecule has 9 heteroatoms. The summed E-state index contributed by atoms with van der Waals surface area (Å²) in [6, 6.07) is 3.96. The number of benzene rings is 1. The van der Waals surface area contributed by atoms with Gasteiger partial charge in [-0.3, -0.25) is 0 Å². The van der Waals surface area contributed by atoms with E-state index in [0.717, 1.165) is 0 Å². The molecule has 1 aliphatic heterocycles. The average Bonchev–Trinajstić information content (AvgIpc) is 2.37. The lowest BCUT2D eigenvalue weighted by Crippen LogP contribution is -2.49. The molecule has 1 atom stereocenters. The number of hydrogen-bond acceptors (Lipinski definition) is 5. The Labute approximate surface area is 132 Å². The average molecular weight is 398 g/mol. The lowest BCUT2D eigenvalue weighted by Gasteiger charge is -2.32. The van der Waals surface area contributed by atoms with Crippen molar-refractivity contribution in [2.24, 2.45) is 0 Å². The second kappa shape index (κ2) is 5.96.